The van der Waals surface area contributed by atoms with Crippen molar-refractivity contribution in [3.63, 3.8) is 0 Å². The molecule has 0 aliphatic carbocycles. The summed E-state index contributed by atoms with van der Waals surface area (Å²) in [5.74, 6) is 0. The minimum Gasteiger partial charge on any atom is -0.372 e. The normalized spacial score (nSPS) is 16.2. The molecule has 21 heavy (non-hydrogen) atoms. The lowest BCUT2D eigenvalue weighted by Gasteiger charge is -2.28. The molecule has 1 aliphatic heterocycles. The Bertz CT molecular complexity index is 409. The average Bonchev–Trinajstić information content (AvgIpc) is 2.47. The molecular formula is C16H23F3N2. The number of benzene rings is 1. The van der Waals surface area contributed by atoms with Gasteiger partial charge < -0.3 is 10.2 Å². The predicted molar refractivity (Wildman–Crippen MR) is 79.5 cm³/mol. The van der Waals surface area contributed by atoms with E-state index in [4.69, 9.17) is 0 Å². The second kappa shape index (κ2) is 7.69. The monoisotopic (exact) mass is 300 g/mol. The van der Waals surface area contributed by atoms with Crippen LogP contribution in [0.2, 0.25) is 0 Å². The second-order valence-electron chi connectivity index (χ2n) is 5.61. The van der Waals surface area contributed by atoms with Crippen LogP contribution < -0.4 is 10.2 Å². The van der Waals surface area contributed by atoms with Crippen LogP contribution in [-0.4, -0.2) is 25.8 Å². The molecule has 0 amide bonds. The summed E-state index contributed by atoms with van der Waals surface area (Å²) in [6.07, 6.45) is -0.803. The van der Waals surface area contributed by atoms with Gasteiger partial charge in [-0.3, -0.25) is 0 Å². The molecule has 2 nitrogen and oxygen atoms in total. The Kier molecular flexibility index (Phi) is 5.91. The maximum absolute atomic E-state index is 12.0. The van der Waals surface area contributed by atoms with Crippen molar-refractivity contribution in [2.45, 2.75) is 44.8 Å². The minimum atomic E-state index is -4.04. The highest BCUT2D eigenvalue weighted by Gasteiger charge is 2.25. The van der Waals surface area contributed by atoms with E-state index in [1.54, 1.807) is 0 Å². The van der Waals surface area contributed by atoms with Crippen LogP contribution in [-0.2, 0) is 6.54 Å². The fraction of sp³-hybridized carbons (Fsp3) is 0.625. The molecule has 1 aromatic rings. The lowest BCUT2D eigenvalue weighted by atomic mass is 10.1. The minimum absolute atomic E-state index is 0.134. The highest BCUT2D eigenvalue weighted by Crippen LogP contribution is 2.21. The first-order valence-electron chi connectivity index (χ1n) is 7.66. The van der Waals surface area contributed by atoms with Crippen molar-refractivity contribution in [1.29, 1.82) is 0 Å². The van der Waals surface area contributed by atoms with Crippen molar-refractivity contribution in [2.24, 2.45) is 0 Å². The van der Waals surface area contributed by atoms with Crippen molar-refractivity contribution >= 4 is 5.69 Å². The summed E-state index contributed by atoms with van der Waals surface area (Å²) < 4.78 is 36.0. The van der Waals surface area contributed by atoms with Crippen LogP contribution in [0.3, 0.4) is 0 Å². The summed E-state index contributed by atoms with van der Waals surface area (Å²) in [6.45, 7) is 3.26. The van der Waals surface area contributed by atoms with Crippen molar-refractivity contribution in [1.82, 2.24) is 5.32 Å². The van der Waals surface area contributed by atoms with Crippen LogP contribution >= 0.6 is 0 Å². The van der Waals surface area contributed by atoms with Crippen molar-refractivity contribution in [3.05, 3.63) is 29.8 Å². The topological polar surface area (TPSA) is 15.3 Å². The molecule has 0 atom stereocenters. The number of alkyl halides is 3. The summed E-state index contributed by atoms with van der Waals surface area (Å²) in [5, 5.41) is 3.06. The molecular weight excluding hydrogens is 277 g/mol. The Morgan fingerprint density at radius 3 is 2.29 bits per heavy atom. The first-order valence-corrected chi connectivity index (χ1v) is 7.66. The van der Waals surface area contributed by atoms with Gasteiger partial charge in [0.05, 0.1) is 0 Å². The summed E-state index contributed by atoms with van der Waals surface area (Å²) in [5.41, 5.74) is 2.36. The van der Waals surface area contributed by atoms with Crippen LogP contribution in [0, 0.1) is 0 Å². The first kappa shape index (κ1) is 16.1. The maximum atomic E-state index is 12.0. The molecule has 0 saturated carbocycles. The van der Waals surface area contributed by atoms with Gasteiger partial charge in [-0.1, -0.05) is 12.1 Å². The quantitative estimate of drug-likeness (QED) is 0.795. The summed E-state index contributed by atoms with van der Waals surface area (Å²) in [7, 11) is 0. The molecule has 1 N–H and O–H groups in total. The fourth-order valence-corrected chi connectivity index (χ4v) is 2.62. The smallest absolute Gasteiger partial charge is 0.372 e. The predicted octanol–water partition coefficient (Wildman–Crippen LogP) is 4.11. The Labute approximate surface area is 124 Å². The van der Waals surface area contributed by atoms with E-state index in [2.05, 4.69) is 34.5 Å². The zero-order valence-corrected chi connectivity index (χ0v) is 12.3. The van der Waals surface area contributed by atoms with Crippen LogP contribution in [0.5, 0.6) is 0 Å². The van der Waals surface area contributed by atoms with Crippen LogP contribution in [0.1, 0.15) is 37.7 Å². The van der Waals surface area contributed by atoms with Gasteiger partial charge in [0.1, 0.15) is 0 Å². The van der Waals surface area contributed by atoms with Crippen molar-refractivity contribution in [3.8, 4) is 0 Å². The lowest BCUT2D eigenvalue weighted by molar-refractivity contribution is -0.135. The number of nitrogens with one attached hydrogen (secondary N) is 1. The summed E-state index contributed by atoms with van der Waals surface area (Å²) >= 11 is 0. The Morgan fingerprint density at radius 2 is 1.67 bits per heavy atom. The van der Waals surface area contributed by atoms with Gasteiger partial charge in [0, 0.05) is 31.7 Å². The first-order chi connectivity index (χ1) is 10.0. The third-order valence-corrected chi connectivity index (χ3v) is 3.80. The number of hydrogen-bond acceptors (Lipinski definition) is 2. The highest BCUT2D eigenvalue weighted by molar-refractivity contribution is 5.47. The largest absolute Gasteiger partial charge is 0.389 e. The van der Waals surface area contributed by atoms with Gasteiger partial charge in [0.15, 0.2) is 0 Å². The molecule has 0 aromatic heterocycles. The molecule has 1 aromatic carbocycles. The number of nitrogens with zero attached hydrogens (tertiary/aromatic N) is 1. The van der Waals surface area contributed by atoms with E-state index in [1.807, 2.05) is 0 Å². The molecule has 5 heteroatoms. The van der Waals surface area contributed by atoms with E-state index in [-0.39, 0.29) is 6.42 Å². The molecule has 2 rings (SSSR count). The lowest BCUT2D eigenvalue weighted by Crippen LogP contribution is -2.29. The molecule has 1 aliphatic rings. The molecule has 1 fully saturated rings. The van der Waals surface area contributed by atoms with Gasteiger partial charge >= 0.3 is 6.18 Å². The zero-order valence-electron chi connectivity index (χ0n) is 12.3. The van der Waals surface area contributed by atoms with E-state index in [0.29, 0.717) is 13.1 Å². The van der Waals surface area contributed by atoms with Gasteiger partial charge in [0.25, 0.3) is 0 Å². The van der Waals surface area contributed by atoms with Gasteiger partial charge in [0.2, 0.25) is 0 Å². The zero-order chi connectivity index (χ0) is 15.1. The Hall–Kier alpha value is -1.23. The summed E-state index contributed by atoms with van der Waals surface area (Å²) in [6, 6.07) is 8.33. The standard InChI is InChI=1S/C16H23F3N2/c17-16(18,19)9-4-10-20-13-14-5-7-15(8-6-14)21-11-2-1-3-12-21/h5-8,20H,1-4,9-13H2. The van der Waals surface area contributed by atoms with Gasteiger partial charge in [-0.05, 0) is 49.9 Å². The number of halogens is 3. The molecule has 0 unspecified atom stereocenters. The third-order valence-electron chi connectivity index (χ3n) is 3.80. The number of anilines is 1. The number of piperidine rings is 1. The van der Waals surface area contributed by atoms with Crippen molar-refractivity contribution in [2.75, 3.05) is 24.5 Å². The molecule has 1 heterocycles. The molecule has 0 radical (unpaired) electrons. The molecule has 1 saturated heterocycles. The Balaban J connectivity index is 1.70. The average molecular weight is 300 g/mol. The molecule has 0 bridgehead atoms. The van der Waals surface area contributed by atoms with Crippen LogP contribution in [0.15, 0.2) is 24.3 Å². The second-order valence-corrected chi connectivity index (χ2v) is 5.61. The Morgan fingerprint density at radius 1 is 1.00 bits per heavy atom. The van der Waals surface area contributed by atoms with Crippen LogP contribution in [0.4, 0.5) is 18.9 Å². The van der Waals surface area contributed by atoms with Gasteiger partial charge in [-0.25, -0.2) is 0 Å². The van der Waals surface area contributed by atoms with Gasteiger partial charge in [-0.15, -0.1) is 0 Å². The van der Waals surface area contributed by atoms with Gasteiger partial charge in [-0.2, -0.15) is 13.2 Å². The highest BCUT2D eigenvalue weighted by atomic mass is 19.4. The van der Waals surface area contributed by atoms with Crippen LogP contribution in [0.25, 0.3) is 0 Å². The fourth-order valence-electron chi connectivity index (χ4n) is 2.62. The third kappa shape index (κ3) is 5.96. The summed E-state index contributed by atoms with van der Waals surface area (Å²) in [4.78, 5) is 2.39. The van der Waals surface area contributed by atoms with E-state index >= 15 is 0 Å². The van der Waals surface area contributed by atoms with E-state index in [1.165, 1.54) is 24.9 Å². The van der Waals surface area contributed by atoms with Crippen molar-refractivity contribution < 1.29 is 13.2 Å². The number of hydrogen-bond donors (Lipinski definition) is 1. The maximum Gasteiger partial charge on any atom is 0.389 e. The SMILES string of the molecule is FC(F)(F)CCCNCc1ccc(N2CCCCC2)cc1. The number of rotatable bonds is 6. The molecule has 118 valence electrons. The van der Waals surface area contributed by atoms with E-state index in [0.717, 1.165) is 18.7 Å². The van der Waals surface area contributed by atoms with E-state index in [9.17, 15) is 13.2 Å². The van der Waals surface area contributed by atoms with E-state index < -0.39 is 12.6 Å². The molecule has 0 spiro atoms.